The number of fused-ring (bicyclic) bond motifs is 2. The molecule has 130 valence electrons. The highest BCUT2D eigenvalue weighted by Crippen LogP contribution is 2.27. The van der Waals surface area contributed by atoms with Gasteiger partial charge in [-0.2, -0.15) is 0 Å². The summed E-state index contributed by atoms with van der Waals surface area (Å²) < 4.78 is 20.8. The van der Waals surface area contributed by atoms with Crippen LogP contribution < -0.4 is 5.56 Å². The van der Waals surface area contributed by atoms with Crippen molar-refractivity contribution in [2.45, 2.75) is 13.5 Å². The standard InChI is InChI=1S/C19H13FN2O3S/c1-11-3-2-6-22-17(23)9-14(21-18(11)22)10-25-19(24)16-8-12-7-13(20)4-5-15(12)26-16/h2-9H,10H2,1H3. The Morgan fingerprint density at radius 1 is 1.27 bits per heavy atom. The molecule has 0 bridgehead atoms. The van der Waals surface area contributed by atoms with Gasteiger partial charge in [-0.3, -0.25) is 9.20 Å². The summed E-state index contributed by atoms with van der Waals surface area (Å²) in [6.07, 6.45) is 1.64. The summed E-state index contributed by atoms with van der Waals surface area (Å²) >= 11 is 1.23. The molecular weight excluding hydrogens is 355 g/mol. The number of ether oxygens (including phenoxy) is 1. The van der Waals surface area contributed by atoms with E-state index in [-0.39, 0.29) is 18.0 Å². The van der Waals surface area contributed by atoms with Gasteiger partial charge in [0.05, 0.1) is 5.69 Å². The number of rotatable bonds is 3. The fourth-order valence-corrected chi connectivity index (χ4v) is 3.65. The maximum absolute atomic E-state index is 13.3. The zero-order valence-corrected chi connectivity index (χ0v) is 14.5. The topological polar surface area (TPSA) is 60.7 Å². The second kappa shape index (κ2) is 6.34. The molecule has 3 heterocycles. The first-order valence-electron chi connectivity index (χ1n) is 7.85. The summed E-state index contributed by atoms with van der Waals surface area (Å²) in [5, 5.41) is 0.652. The van der Waals surface area contributed by atoms with E-state index in [4.69, 9.17) is 4.74 Å². The third kappa shape index (κ3) is 2.97. The van der Waals surface area contributed by atoms with Crippen LogP contribution in [0.2, 0.25) is 0 Å². The molecule has 0 aliphatic rings. The van der Waals surface area contributed by atoms with Crippen molar-refractivity contribution in [3.63, 3.8) is 0 Å². The number of pyridine rings is 1. The summed E-state index contributed by atoms with van der Waals surface area (Å²) in [5.74, 6) is -0.884. The minimum absolute atomic E-state index is 0.110. The van der Waals surface area contributed by atoms with Crippen LogP contribution in [0.15, 0.2) is 53.5 Å². The molecule has 3 aromatic heterocycles. The van der Waals surface area contributed by atoms with E-state index in [1.165, 1.54) is 33.9 Å². The SMILES string of the molecule is Cc1cccn2c(=O)cc(COC(=O)c3cc4cc(F)ccc4s3)nc12. The van der Waals surface area contributed by atoms with Gasteiger partial charge in [-0.1, -0.05) is 6.07 Å². The summed E-state index contributed by atoms with van der Waals surface area (Å²) in [5.41, 5.74) is 1.53. The highest BCUT2D eigenvalue weighted by Gasteiger charge is 2.13. The van der Waals surface area contributed by atoms with Gasteiger partial charge in [-0.25, -0.2) is 14.2 Å². The Kier molecular flexibility index (Phi) is 4.00. The van der Waals surface area contributed by atoms with Crippen molar-refractivity contribution in [2.24, 2.45) is 0 Å². The number of hydrogen-bond acceptors (Lipinski definition) is 5. The predicted molar refractivity (Wildman–Crippen MR) is 97.1 cm³/mol. The van der Waals surface area contributed by atoms with E-state index < -0.39 is 5.97 Å². The number of hydrogen-bond donors (Lipinski definition) is 0. The fourth-order valence-electron chi connectivity index (χ4n) is 2.71. The maximum Gasteiger partial charge on any atom is 0.348 e. The number of carbonyl (C=O) groups excluding carboxylic acids is 1. The van der Waals surface area contributed by atoms with Crippen LogP contribution in [0.3, 0.4) is 0 Å². The third-order valence-corrected chi connectivity index (χ3v) is 5.07. The fraction of sp³-hybridized carbons (Fsp3) is 0.105. The Bertz CT molecular complexity index is 1210. The van der Waals surface area contributed by atoms with E-state index in [1.54, 1.807) is 24.4 Å². The van der Waals surface area contributed by atoms with Crippen LogP contribution in [-0.2, 0) is 11.3 Å². The van der Waals surface area contributed by atoms with Crippen LogP contribution in [0.5, 0.6) is 0 Å². The van der Waals surface area contributed by atoms with Crippen molar-refractivity contribution in [2.75, 3.05) is 0 Å². The van der Waals surface area contributed by atoms with E-state index in [0.717, 1.165) is 10.3 Å². The predicted octanol–water partition coefficient (Wildman–Crippen LogP) is 3.71. The Balaban J connectivity index is 1.58. The molecule has 0 saturated carbocycles. The monoisotopic (exact) mass is 368 g/mol. The Labute approximate surface area is 151 Å². The molecule has 0 atom stereocenters. The number of thiophene rings is 1. The number of esters is 1. The van der Waals surface area contributed by atoms with E-state index >= 15 is 0 Å². The van der Waals surface area contributed by atoms with E-state index in [9.17, 15) is 14.0 Å². The van der Waals surface area contributed by atoms with Gasteiger partial charge in [0, 0.05) is 17.0 Å². The first-order valence-corrected chi connectivity index (χ1v) is 8.67. The van der Waals surface area contributed by atoms with Crippen molar-refractivity contribution in [1.82, 2.24) is 9.38 Å². The molecule has 0 amide bonds. The molecule has 0 spiro atoms. The van der Waals surface area contributed by atoms with Gasteiger partial charge in [0.2, 0.25) is 0 Å². The van der Waals surface area contributed by atoms with Crippen molar-refractivity contribution in [3.8, 4) is 0 Å². The van der Waals surface area contributed by atoms with Crippen LogP contribution in [0, 0.1) is 12.7 Å². The highest BCUT2D eigenvalue weighted by atomic mass is 32.1. The molecule has 5 nitrogen and oxygen atoms in total. The third-order valence-electron chi connectivity index (χ3n) is 3.97. The molecule has 0 aliphatic carbocycles. The van der Waals surface area contributed by atoms with Gasteiger partial charge in [0.15, 0.2) is 0 Å². The highest BCUT2D eigenvalue weighted by molar-refractivity contribution is 7.20. The van der Waals surface area contributed by atoms with Crippen molar-refractivity contribution in [1.29, 1.82) is 0 Å². The van der Waals surface area contributed by atoms with Gasteiger partial charge in [-0.05, 0) is 48.2 Å². The molecule has 0 aliphatic heterocycles. The number of halogens is 1. The normalized spacial score (nSPS) is 11.2. The second-order valence-corrected chi connectivity index (χ2v) is 6.92. The smallest absolute Gasteiger partial charge is 0.348 e. The molecule has 1 aromatic carbocycles. The number of aryl methyl sites for hydroxylation is 1. The lowest BCUT2D eigenvalue weighted by molar-refractivity contribution is 0.0473. The lowest BCUT2D eigenvalue weighted by Gasteiger charge is -2.06. The average molecular weight is 368 g/mol. The number of benzene rings is 1. The van der Waals surface area contributed by atoms with Gasteiger partial charge >= 0.3 is 5.97 Å². The Hall–Kier alpha value is -3.06. The summed E-state index contributed by atoms with van der Waals surface area (Å²) in [7, 11) is 0. The van der Waals surface area contributed by atoms with Crippen LogP contribution in [0.4, 0.5) is 4.39 Å². The molecule has 26 heavy (non-hydrogen) atoms. The van der Waals surface area contributed by atoms with Gasteiger partial charge in [0.25, 0.3) is 5.56 Å². The lowest BCUT2D eigenvalue weighted by Crippen LogP contribution is -2.17. The van der Waals surface area contributed by atoms with Gasteiger partial charge in [-0.15, -0.1) is 11.3 Å². The molecule has 0 saturated heterocycles. The van der Waals surface area contributed by atoms with Crippen molar-refractivity contribution in [3.05, 3.63) is 81.0 Å². The van der Waals surface area contributed by atoms with Crippen molar-refractivity contribution < 1.29 is 13.9 Å². The van der Waals surface area contributed by atoms with Gasteiger partial charge in [0.1, 0.15) is 22.9 Å². The molecule has 0 radical (unpaired) electrons. The molecule has 4 rings (SSSR count). The molecule has 7 heteroatoms. The zero-order chi connectivity index (χ0) is 18.3. The average Bonchev–Trinajstić information content (AvgIpc) is 3.04. The lowest BCUT2D eigenvalue weighted by atomic mass is 10.2. The van der Waals surface area contributed by atoms with E-state index in [0.29, 0.717) is 21.6 Å². The van der Waals surface area contributed by atoms with Crippen LogP contribution >= 0.6 is 11.3 Å². The van der Waals surface area contributed by atoms with Crippen LogP contribution in [0.25, 0.3) is 15.7 Å². The first-order chi connectivity index (χ1) is 12.5. The number of nitrogens with zero attached hydrogens (tertiary/aromatic N) is 2. The van der Waals surface area contributed by atoms with E-state index in [2.05, 4.69) is 4.98 Å². The molecule has 0 unspecified atom stereocenters. The van der Waals surface area contributed by atoms with Crippen LogP contribution in [-0.4, -0.2) is 15.4 Å². The van der Waals surface area contributed by atoms with Crippen molar-refractivity contribution >= 4 is 33.0 Å². The van der Waals surface area contributed by atoms with Crippen LogP contribution in [0.1, 0.15) is 20.9 Å². The largest absolute Gasteiger partial charge is 0.455 e. The number of carbonyl (C=O) groups is 1. The first kappa shape index (κ1) is 16.4. The molecule has 0 N–H and O–H groups in total. The summed E-state index contributed by atoms with van der Waals surface area (Å²) in [6.45, 7) is 1.75. The second-order valence-electron chi connectivity index (χ2n) is 5.84. The summed E-state index contributed by atoms with van der Waals surface area (Å²) in [6, 6.07) is 10.9. The number of aromatic nitrogens is 2. The Morgan fingerprint density at radius 3 is 2.96 bits per heavy atom. The minimum Gasteiger partial charge on any atom is -0.455 e. The van der Waals surface area contributed by atoms with Gasteiger partial charge < -0.3 is 4.74 Å². The van der Waals surface area contributed by atoms with E-state index in [1.807, 2.05) is 13.0 Å². The molecule has 4 aromatic rings. The molecule has 0 fully saturated rings. The summed E-state index contributed by atoms with van der Waals surface area (Å²) in [4.78, 5) is 29.2. The quantitative estimate of drug-likeness (QED) is 0.517. The molecular formula is C19H13FN2O3S. The minimum atomic E-state index is -0.529. The Morgan fingerprint density at radius 2 is 2.12 bits per heavy atom. The zero-order valence-electron chi connectivity index (χ0n) is 13.7. The maximum atomic E-state index is 13.3.